The van der Waals surface area contributed by atoms with Crippen molar-refractivity contribution in [1.82, 2.24) is 24.6 Å². The van der Waals surface area contributed by atoms with Crippen LogP contribution in [0.1, 0.15) is 6.04 Å². The summed E-state index contributed by atoms with van der Waals surface area (Å²) < 4.78 is 2.83. The molecular weight excluding hydrogens is 343 g/mol. The zero-order valence-electron chi connectivity index (χ0n) is 9.75. The number of nitrogens with two attached hydrogens (primary N) is 1. The molecule has 0 aromatic carbocycles. The number of halogens is 1. The normalized spacial score (nSPS) is 16.9. The van der Waals surface area contributed by atoms with Gasteiger partial charge in [0.1, 0.15) is 15.8 Å². The molecular formula is C11H13IN6. The minimum Gasteiger partial charge on any atom is -0.383 e. The van der Waals surface area contributed by atoms with Crippen LogP contribution in [0.2, 0.25) is 0 Å². The Morgan fingerprint density at radius 3 is 3.00 bits per heavy atom. The van der Waals surface area contributed by atoms with Crippen LogP contribution in [0.25, 0.3) is 11.0 Å². The molecule has 94 valence electrons. The van der Waals surface area contributed by atoms with E-state index in [-0.39, 0.29) is 0 Å². The van der Waals surface area contributed by atoms with E-state index in [1.54, 1.807) is 0 Å². The second-order valence-electron chi connectivity index (χ2n) is 4.35. The molecule has 0 atom stereocenters. The fourth-order valence-corrected chi connectivity index (χ4v) is 2.99. The van der Waals surface area contributed by atoms with Gasteiger partial charge in [0.2, 0.25) is 0 Å². The van der Waals surface area contributed by atoms with Gasteiger partial charge in [-0.25, -0.2) is 14.6 Å². The number of nitrogen functional groups attached to an aromatic ring is 1. The first kappa shape index (κ1) is 11.8. The quantitative estimate of drug-likeness (QED) is 0.658. The lowest BCUT2D eigenvalue weighted by atomic mass is 10.1. The maximum absolute atomic E-state index is 5.87. The standard InChI is InChI=1S/C11H13IN6/c1-2-3-17-4-7(5-17)18-11-8(9(12)16-18)10(13)14-6-15-11/h2,6-7H,1,3-5H2,(H2,13,14,15). The maximum atomic E-state index is 5.87. The van der Waals surface area contributed by atoms with E-state index in [9.17, 15) is 0 Å². The van der Waals surface area contributed by atoms with Crippen LogP contribution in [0.5, 0.6) is 0 Å². The summed E-state index contributed by atoms with van der Waals surface area (Å²) in [5.41, 5.74) is 6.70. The Morgan fingerprint density at radius 2 is 2.28 bits per heavy atom. The lowest BCUT2D eigenvalue weighted by Gasteiger charge is -2.38. The Morgan fingerprint density at radius 1 is 1.50 bits per heavy atom. The van der Waals surface area contributed by atoms with Gasteiger partial charge in [-0.05, 0) is 22.6 Å². The molecule has 1 saturated heterocycles. The van der Waals surface area contributed by atoms with Gasteiger partial charge in [0.15, 0.2) is 5.65 Å². The summed E-state index contributed by atoms with van der Waals surface area (Å²) in [6.07, 6.45) is 3.41. The number of anilines is 1. The first-order valence-corrected chi connectivity index (χ1v) is 6.76. The molecule has 1 aliphatic heterocycles. The first-order valence-electron chi connectivity index (χ1n) is 5.68. The van der Waals surface area contributed by atoms with E-state index in [2.05, 4.69) is 49.1 Å². The smallest absolute Gasteiger partial charge is 0.164 e. The second kappa shape index (κ2) is 4.47. The number of hydrogen-bond acceptors (Lipinski definition) is 5. The summed E-state index contributed by atoms with van der Waals surface area (Å²) in [5, 5.41) is 5.40. The Kier molecular flexibility index (Phi) is 2.94. The minimum absolute atomic E-state index is 0.366. The average molecular weight is 356 g/mol. The van der Waals surface area contributed by atoms with E-state index >= 15 is 0 Å². The topological polar surface area (TPSA) is 72.9 Å². The Balaban J connectivity index is 1.95. The molecule has 18 heavy (non-hydrogen) atoms. The van der Waals surface area contributed by atoms with E-state index in [1.807, 2.05) is 10.8 Å². The van der Waals surface area contributed by atoms with Crippen molar-refractivity contribution in [2.45, 2.75) is 6.04 Å². The molecule has 0 spiro atoms. The Hall–Kier alpha value is -1.22. The van der Waals surface area contributed by atoms with E-state index < -0.39 is 0 Å². The number of fused-ring (bicyclic) bond motifs is 1. The summed E-state index contributed by atoms with van der Waals surface area (Å²) in [4.78, 5) is 10.6. The fraction of sp³-hybridized carbons (Fsp3) is 0.364. The summed E-state index contributed by atoms with van der Waals surface area (Å²) in [6.45, 7) is 6.61. The molecule has 7 heteroatoms. The summed E-state index contributed by atoms with van der Waals surface area (Å²) in [6, 6.07) is 0.366. The molecule has 3 rings (SSSR count). The van der Waals surface area contributed by atoms with Crippen molar-refractivity contribution in [2.75, 3.05) is 25.4 Å². The highest BCUT2D eigenvalue weighted by Gasteiger charge is 2.30. The van der Waals surface area contributed by atoms with Crippen molar-refractivity contribution in [2.24, 2.45) is 0 Å². The van der Waals surface area contributed by atoms with Crippen molar-refractivity contribution in [3.05, 3.63) is 22.7 Å². The van der Waals surface area contributed by atoms with Gasteiger partial charge in [-0.2, -0.15) is 5.10 Å². The predicted molar refractivity (Wildman–Crippen MR) is 78.1 cm³/mol. The van der Waals surface area contributed by atoms with Gasteiger partial charge in [-0.3, -0.25) is 4.90 Å². The highest BCUT2D eigenvalue weighted by molar-refractivity contribution is 14.1. The second-order valence-corrected chi connectivity index (χ2v) is 5.38. The minimum atomic E-state index is 0.366. The molecule has 0 aliphatic carbocycles. The van der Waals surface area contributed by atoms with E-state index in [0.29, 0.717) is 11.9 Å². The van der Waals surface area contributed by atoms with Crippen LogP contribution in [0.15, 0.2) is 19.0 Å². The molecule has 1 aliphatic rings. The zero-order valence-corrected chi connectivity index (χ0v) is 11.9. The van der Waals surface area contributed by atoms with Crippen molar-refractivity contribution in [3.8, 4) is 0 Å². The van der Waals surface area contributed by atoms with E-state index in [0.717, 1.165) is 34.4 Å². The average Bonchev–Trinajstić information content (AvgIpc) is 2.62. The summed E-state index contributed by atoms with van der Waals surface area (Å²) >= 11 is 2.18. The number of likely N-dealkylation sites (tertiary alicyclic amines) is 1. The summed E-state index contributed by atoms with van der Waals surface area (Å²) in [5.74, 6) is 0.498. The Bertz CT molecular complexity index is 601. The zero-order chi connectivity index (χ0) is 12.7. The van der Waals surface area contributed by atoms with Crippen LogP contribution in [-0.4, -0.2) is 44.3 Å². The fourth-order valence-electron chi connectivity index (χ4n) is 2.24. The molecule has 2 N–H and O–H groups in total. The third-order valence-corrected chi connectivity index (χ3v) is 3.90. The molecule has 1 fully saturated rings. The van der Waals surface area contributed by atoms with Crippen LogP contribution in [-0.2, 0) is 0 Å². The van der Waals surface area contributed by atoms with Crippen molar-refractivity contribution < 1.29 is 0 Å². The van der Waals surface area contributed by atoms with Crippen LogP contribution < -0.4 is 5.73 Å². The van der Waals surface area contributed by atoms with Crippen LogP contribution in [0.3, 0.4) is 0 Å². The Labute approximate surface area is 118 Å². The highest BCUT2D eigenvalue weighted by Crippen LogP contribution is 2.28. The van der Waals surface area contributed by atoms with Crippen molar-refractivity contribution in [1.29, 1.82) is 0 Å². The molecule has 0 unspecified atom stereocenters. The summed E-state index contributed by atoms with van der Waals surface area (Å²) in [7, 11) is 0. The van der Waals surface area contributed by atoms with Gasteiger partial charge < -0.3 is 5.73 Å². The number of hydrogen-bond donors (Lipinski definition) is 1. The number of nitrogens with zero attached hydrogens (tertiary/aromatic N) is 5. The first-order chi connectivity index (χ1) is 8.70. The third-order valence-electron chi connectivity index (χ3n) is 3.15. The van der Waals surface area contributed by atoms with Crippen molar-refractivity contribution in [3.63, 3.8) is 0 Å². The van der Waals surface area contributed by atoms with Gasteiger partial charge >= 0.3 is 0 Å². The number of rotatable bonds is 3. The molecule has 6 nitrogen and oxygen atoms in total. The van der Waals surface area contributed by atoms with Gasteiger partial charge in [0, 0.05) is 19.6 Å². The van der Waals surface area contributed by atoms with Gasteiger partial charge in [0.25, 0.3) is 0 Å². The molecule has 2 aromatic rings. The third kappa shape index (κ3) is 1.77. The van der Waals surface area contributed by atoms with E-state index in [4.69, 9.17) is 5.73 Å². The highest BCUT2D eigenvalue weighted by atomic mass is 127. The lowest BCUT2D eigenvalue weighted by molar-refractivity contribution is 0.115. The molecule has 0 bridgehead atoms. The molecule has 0 amide bonds. The number of aromatic nitrogens is 4. The molecule has 0 saturated carbocycles. The molecule has 2 aromatic heterocycles. The van der Waals surface area contributed by atoms with Gasteiger partial charge in [-0.15, -0.1) is 6.58 Å². The maximum Gasteiger partial charge on any atom is 0.164 e. The van der Waals surface area contributed by atoms with Crippen molar-refractivity contribution >= 4 is 39.4 Å². The molecule has 3 heterocycles. The van der Waals surface area contributed by atoms with E-state index in [1.165, 1.54) is 6.33 Å². The lowest BCUT2D eigenvalue weighted by Crippen LogP contribution is -2.47. The molecule has 0 radical (unpaired) electrons. The predicted octanol–water partition coefficient (Wildman–Crippen LogP) is 1.06. The monoisotopic (exact) mass is 356 g/mol. The largest absolute Gasteiger partial charge is 0.383 e. The van der Waals surface area contributed by atoms with Crippen LogP contribution in [0, 0.1) is 3.70 Å². The SMILES string of the molecule is C=CCN1CC(n2nc(I)c3c(N)ncnc32)C1. The van der Waals surface area contributed by atoms with Gasteiger partial charge in [-0.1, -0.05) is 6.08 Å². The van der Waals surface area contributed by atoms with Gasteiger partial charge in [0.05, 0.1) is 11.4 Å². The van der Waals surface area contributed by atoms with Crippen LogP contribution >= 0.6 is 22.6 Å². The van der Waals surface area contributed by atoms with Crippen LogP contribution in [0.4, 0.5) is 5.82 Å².